The fourth-order valence-electron chi connectivity index (χ4n) is 8.67. The Balaban J connectivity index is 1.49. The van der Waals surface area contributed by atoms with Crippen LogP contribution in [-0.2, 0) is 0 Å². The summed E-state index contributed by atoms with van der Waals surface area (Å²) in [7, 11) is 0. The molecule has 0 aromatic rings. The maximum Gasteiger partial charge on any atom is 0.0577 e. The molecule has 1 N–H and O–H groups in total. The van der Waals surface area contributed by atoms with Crippen LogP contribution in [0.3, 0.4) is 0 Å². The van der Waals surface area contributed by atoms with Crippen LogP contribution < -0.4 is 0 Å². The topological polar surface area (TPSA) is 20.2 Å². The molecule has 0 radical (unpaired) electrons. The Bertz CT molecular complexity index is 591. The largest absolute Gasteiger partial charge is 0.393 e. The fraction of sp³-hybridized carbons (Fsp3) is 0.926. The summed E-state index contributed by atoms with van der Waals surface area (Å²) in [5.41, 5.74) is 2.60. The second-order valence-electron chi connectivity index (χ2n) is 12.2. The Morgan fingerprint density at radius 3 is 2.54 bits per heavy atom. The lowest BCUT2D eigenvalue weighted by molar-refractivity contribution is -0.0573. The van der Waals surface area contributed by atoms with Gasteiger partial charge in [0.05, 0.1) is 6.10 Å². The first-order valence-corrected chi connectivity index (χ1v) is 12.6. The maximum atomic E-state index is 10.2. The van der Waals surface area contributed by atoms with Crippen molar-refractivity contribution in [3.63, 3.8) is 0 Å². The fourth-order valence-corrected chi connectivity index (χ4v) is 8.67. The first-order chi connectivity index (χ1) is 13.3. The van der Waals surface area contributed by atoms with Crippen LogP contribution in [0.5, 0.6) is 0 Å². The van der Waals surface area contributed by atoms with E-state index in [1.165, 1.54) is 57.8 Å². The summed E-state index contributed by atoms with van der Waals surface area (Å²) in [6, 6.07) is 0. The average Bonchev–Trinajstić information content (AvgIpc) is 2.99. The third-order valence-corrected chi connectivity index (χ3v) is 10.3. The molecule has 0 saturated heterocycles. The van der Waals surface area contributed by atoms with E-state index in [0.29, 0.717) is 10.8 Å². The number of aliphatic hydroxyl groups is 1. The minimum atomic E-state index is -0.0766. The Hall–Kier alpha value is -0.300. The molecule has 3 fully saturated rings. The third-order valence-electron chi connectivity index (χ3n) is 10.3. The van der Waals surface area contributed by atoms with E-state index in [1.54, 1.807) is 5.57 Å². The molecule has 8 atom stereocenters. The number of hydrogen-bond donors (Lipinski definition) is 1. The van der Waals surface area contributed by atoms with Crippen molar-refractivity contribution in [1.82, 2.24) is 0 Å². The van der Waals surface area contributed by atoms with Gasteiger partial charge in [-0.25, -0.2) is 0 Å². The van der Waals surface area contributed by atoms with E-state index in [9.17, 15) is 5.11 Å². The lowest BCUT2D eigenvalue weighted by Crippen LogP contribution is -2.50. The monoisotopic (exact) mass is 386 g/mol. The summed E-state index contributed by atoms with van der Waals surface area (Å²) in [5.74, 6) is 5.46. The molecule has 28 heavy (non-hydrogen) atoms. The van der Waals surface area contributed by atoms with Gasteiger partial charge in [-0.15, -0.1) is 0 Å². The predicted octanol–water partition coefficient (Wildman–Crippen LogP) is 7.39. The second-order valence-corrected chi connectivity index (χ2v) is 12.2. The van der Waals surface area contributed by atoms with E-state index >= 15 is 0 Å². The Morgan fingerprint density at radius 1 is 1.00 bits per heavy atom. The van der Waals surface area contributed by atoms with Gasteiger partial charge in [0, 0.05) is 0 Å². The summed E-state index contributed by atoms with van der Waals surface area (Å²) >= 11 is 0. The zero-order valence-corrected chi connectivity index (χ0v) is 19.3. The quantitative estimate of drug-likeness (QED) is 0.488. The Kier molecular flexibility index (Phi) is 5.80. The molecular weight excluding hydrogens is 340 g/mol. The van der Waals surface area contributed by atoms with Gasteiger partial charge in [0.15, 0.2) is 0 Å². The van der Waals surface area contributed by atoms with E-state index in [-0.39, 0.29) is 6.10 Å². The lowest BCUT2D eigenvalue weighted by Gasteiger charge is -2.58. The molecule has 1 nitrogen and oxygen atoms in total. The van der Waals surface area contributed by atoms with Crippen molar-refractivity contribution < 1.29 is 5.11 Å². The highest BCUT2D eigenvalue weighted by atomic mass is 16.3. The normalized spacial score (nSPS) is 46.5. The maximum absolute atomic E-state index is 10.2. The van der Waals surface area contributed by atoms with Crippen LogP contribution in [0.25, 0.3) is 0 Å². The van der Waals surface area contributed by atoms with Gasteiger partial charge in [0.25, 0.3) is 0 Å². The zero-order valence-electron chi connectivity index (χ0n) is 19.3. The lowest BCUT2D eigenvalue weighted by atomic mass is 9.47. The standard InChI is InChI=1S/C27H46O/c1-18(2)7-6-8-19(3)23-11-12-24-22-10-9-20-17-21(28)13-15-26(20,4)25(22)14-16-27(23,24)5/h9,18-19,21-25,28H,6-8,10-17H2,1-5H3/t19-,21-,22-,23-,24+,25-,26-,27+/m0/s1. The predicted molar refractivity (Wildman–Crippen MR) is 119 cm³/mol. The number of aliphatic hydroxyl groups excluding tert-OH is 1. The van der Waals surface area contributed by atoms with Crippen LogP contribution in [0.2, 0.25) is 0 Å². The molecule has 4 rings (SSSR count). The number of allylic oxidation sites excluding steroid dienone is 1. The molecule has 4 aliphatic rings. The number of fused-ring (bicyclic) bond motifs is 5. The van der Waals surface area contributed by atoms with Crippen molar-refractivity contribution in [2.75, 3.05) is 0 Å². The van der Waals surface area contributed by atoms with Crippen LogP contribution >= 0.6 is 0 Å². The van der Waals surface area contributed by atoms with Crippen molar-refractivity contribution in [3.05, 3.63) is 11.6 Å². The van der Waals surface area contributed by atoms with E-state index < -0.39 is 0 Å². The molecule has 1 heteroatoms. The highest BCUT2D eigenvalue weighted by Crippen LogP contribution is 2.67. The van der Waals surface area contributed by atoms with E-state index in [0.717, 1.165) is 48.3 Å². The van der Waals surface area contributed by atoms with Crippen molar-refractivity contribution in [2.24, 2.45) is 46.3 Å². The number of hydrogen-bond acceptors (Lipinski definition) is 1. The van der Waals surface area contributed by atoms with Crippen LogP contribution in [0.1, 0.15) is 105 Å². The minimum Gasteiger partial charge on any atom is -0.393 e. The van der Waals surface area contributed by atoms with Gasteiger partial charge >= 0.3 is 0 Å². The minimum absolute atomic E-state index is 0.0766. The first-order valence-electron chi connectivity index (χ1n) is 12.6. The Labute approximate surface area is 174 Å². The van der Waals surface area contributed by atoms with Gasteiger partial charge < -0.3 is 5.11 Å². The van der Waals surface area contributed by atoms with Gasteiger partial charge in [0.2, 0.25) is 0 Å². The van der Waals surface area contributed by atoms with E-state index in [2.05, 4.69) is 40.7 Å². The average molecular weight is 387 g/mol. The van der Waals surface area contributed by atoms with E-state index in [4.69, 9.17) is 0 Å². The number of rotatable bonds is 5. The summed E-state index contributed by atoms with van der Waals surface area (Å²) < 4.78 is 0. The summed E-state index contributed by atoms with van der Waals surface area (Å²) in [4.78, 5) is 0. The third kappa shape index (κ3) is 3.42. The highest BCUT2D eigenvalue weighted by molar-refractivity contribution is 5.25. The SMILES string of the molecule is CC(C)CCC[C@H](C)[C@@H]1CC[C@@H]2[C@@H]3CC=C4C[C@@H](O)CC[C@]4(C)[C@H]3CC[C@@]21C. The molecule has 0 amide bonds. The molecule has 0 bridgehead atoms. The molecule has 0 aromatic heterocycles. The molecule has 0 aromatic carbocycles. The molecule has 3 saturated carbocycles. The molecule has 0 aliphatic heterocycles. The Morgan fingerprint density at radius 2 is 1.79 bits per heavy atom. The van der Waals surface area contributed by atoms with Crippen LogP contribution in [0, 0.1) is 46.3 Å². The highest BCUT2D eigenvalue weighted by Gasteiger charge is 2.59. The molecular formula is C27H46O. The van der Waals surface area contributed by atoms with Crippen molar-refractivity contribution in [1.29, 1.82) is 0 Å². The van der Waals surface area contributed by atoms with Crippen LogP contribution in [0.4, 0.5) is 0 Å². The van der Waals surface area contributed by atoms with Crippen molar-refractivity contribution in [2.45, 2.75) is 111 Å². The first kappa shape index (κ1) is 21.0. The van der Waals surface area contributed by atoms with Gasteiger partial charge in [-0.05, 0) is 97.7 Å². The van der Waals surface area contributed by atoms with Gasteiger partial charge in [-0.1, -0.05) is 65.5 Å². The van der Waals surface area contributed by atoms with E-state index in [1.807, 2.05) is 0 Å². The van der Waals surface area contributed by atoms with Crippen molar-refractivity contribution in [3.8, 4) is 0 Å². The zero-order chi connectivity index (χ0) is 20.1. The summed E-state index contributed by atoms with van der Waals surface area (Å²) in [6.07, 6.45) is 17.2. The van der Waals surface area contributed by atoms with Crippen LogP contribution in [0.15, 0.2) is 11.6 Å². The molecule has 160 valence electrons. The molecule has 0 unspecified atom stereocenters. The van der Waals surface area contributed by atoms with Gasteiger partial charge in [0.1, 0.15) is 0 Å². The molecule has 4 aliphatic carbocycles. The summed E-state index contributed by atoms with van der Waals surface area (Å²) in [6.45, 7) is 12.6. The van der Waals surface area contributed by atoms with Crippen molar-refractivity contribution >= 4 is 0 Å². The van der Waals surface area contributed by atoms with Gasteiger partial charge in [-0.2, -0.15) is 0 Å². The van der Waals surface area contributed by atoms with Crippen LogP contribution in [-0.4, -0.2) is 11.2 Å². The summed E-state index contributed by atoms with van der Waals surface area (Å²) in [5, 5.41) is 10.2. The van der Waals surface area contributed by atoms with Gasteiger partial charge in [-0.3, -0.25) is 0 Å². The molecule has 0 spiro atoms. The smallest absolute Gasteiger partial charge is 0.0577 e. The second kappa shape index (κ2) is 7.75. The molecule has 0 heterocycles.